The van der Waals surface area contributed by atoms with Gasteiger partial charge in [-0.05, 0) is 88.7 Å². The fourth-order valence-electron chi connectivity index (χ4n) is 5.27. The molecule has 6 aromatic rings. The molecular weight excluding hydrogens is 602 g/mol. The highest BCUT2D eigenvalue weighted by molar-refractivity contribution is 7.92. The lowest BCUT2D eigenvalue weighted by Crippen LogP contribution is -2.26. The summed E-state index contributed by atoms with van der Waals surface area (Å²) < 4.78 is 30.3. The van der Waals surface area contributed by atoms with Gasteiger partial charge in [-0.15, -0.1) is 0 Å². The molecule has 11 nitrogen and oxygen atoms in total. The van der Waals surface area contributed by atoms with Gasteiger partial charge in [-0.2, -0.15) is 5.10 Å². The molecule has 0 radical (unpaired) electrons. The van der Waals surface area contributed by atoms with Crippen LogP contribution < -0.4 is 10.0 Å². The molecule has 0 unspecified atom stereocenters. The molecule has 0 aliphatic carbocycles. The fraction of sp³-hybridized carbons (Fsp3) is 0.235. The van der Waals surface area contributed by atoms with Gasteiger partial charge in [0.25, 0.3) is 10.0 Å². The van der Waals surface area contributed by atoms with Gasteiger partial charge in [0.1, 0.15) is 11.6 Å². The summed E-state index contributed by atoms with van der Waals surface area (Å²) in [6.07, 6.45) is 6.80. The quantitative estimate of drug-likeness (QED) is 0.152. The Labute approximate surface area is 267 Å². The van der Waals surface area contributed by atoms with Crippen LogP contribution in [0.15, 0.2) is 90.3 Å². The largest absolute Gasteiger partial charge is 0.389 e. The van der Waals surface area contributed by atoms with Crippen molar-refractivity contribution in [3.8, 4) is 11.3 Å². The van der Waals surface area contributed by atoms with E-state index in [2.05, 4.69) is 25.1 Å². The number of aryl methyl sites for hydroxylation is 1. The maximum absolute atomic E-state index is 13.0. The van der Waals surface area contributed by atoms with Crippen LogP contribution in [0.4, 0.5) is 17.3 Å². The van der Waals surface area contributed by atoms with Crippen molar-refractivity contribution < 1.29 is 18.6 Å². The van der Waals surface area contributed by atoms with Gasteiger partial charge in [0.2, 0.25) is 0 Å². The van der Waals surface area contributed by atoms with Crippen molar-refractivity contribution in [1.82, 2.24) is 24.7 Å². The third-order valence-electron chi connectivity index (χ3n) is 7.68. The molecule has 0 saturated heterocycles. The summed E-state index contributed by atoms with van der Waals surface area (Å²) in [4.78, 5) is 13.5. The van der Waals surface area contributed by atoms with E-state index in [0.29, 0.717) is 23.6 Å². The van der Waals surface area contributed by atoms with Gasteiger partial charge in [-0.1, -0.05) is 12.1 Å². The minimum Gasteiger partial charge on any atom is -0.389 e. The van der Waals surface area contributed by atoms with Crippen LogP contribution in [0.25, 0.3) is 32.9 Å². The number of aliphatic hydroxyl groups is 2. The van der Waals surface area contributed by atoms with E-state index in [-0.39, 0.29) is 10.7 Å². The summed E-state index contributed by atoms with van der Waals surface area (Å²) in [5.74, 6) is 0.723. The van der Waals surface area contributed by atoms with Crippen molar-refractivity contribution in [2.45, 2.75) is 57.3 Å². The van der Waals surface area contributed by atoms with Crippen LogP contribution in [-0.4, -0.2) is 49.0 Å². The Morgan fingerprint density at radius 1 is 0.826 bits per heavy atom. The molecule has 0 aliphatic rings. The highest BCUT2D eigenvalue weighted by Crippen LogP contribution is 2.34. The predicted molar refractivity (Wildman–Crippen MR) is 179 cm³/mol. The molecule has 0 amide bonds. The Morgan fingerprint density at radius 3 is 2.24 bits per heavy atom. The number of anilines is 3. The molecule has 2 aromatic carbocycles. The average molecular weight is 638 g/mol. The number of rotatable bonds is 9. The number of nitrogens with zero attached hydrogens (tertiary/aromatic N) is 5. The minimum atomic E-state index is -3.89. The van der Waals surface area contributed by atoms with Gasteiger partial charge < -0.3 is 15.5 Å². The second kappa shape index (κ2) is 11.5. The van der Waals surface area contributed by atoms with Crippen molar-refractivity contribution in [1.29, 1.82) is 0 Å². The lowest BCUT2D eigenvalue weighted by atomic mass is 9.98. The maximum Gasteiger partial charge on any atom is 0.263 e. The van der Waals surface area contributed by atoms with Gasteiger partial charge in [0.15, 0.2) is 0 Å². The summed E-state index contributed by atoms with van der Waals surface area (Å²) in [7, 11) is -3.89. The zero-order chi connectivity index (χ0) is 32.9. The van der Waals surface area contributed by atoms with Gasteiger partial charge in [-0.3, -0.25) is 14.4 Å². The molecule has 6 rings (SSSR count). The molecule has 0 aliphatic heterocycles. The monoisotopic (exact) mass is 637 g/mol. The molecule has 4 aromatic heterocycles. The fourth-order valence-corrected chi connectivity index (χ4v) is 6.28. The standard InChI is InChI=1S/C34H35N7O4S/c1-21-26(11-12-29-28(21)19-38-41(29)20-33(2,3)42)32-27-16-31(36-17-22(27)14-15-35-32)39-24-7-9-25(10-8-24)46(44,45)40-30-13-6-23(18-37-30)34(4,5)43/h6-19,42-43H,20H2,1-5H3,(H,36,39)(H,37,40). The Morgan fingerprint density at radius 2 is 1.57 bits per heavy atom. The molecule has 46 heavy (non-hydrogen) atoms. The topological polar surface area (TPSA) is 155 Å². The molecule has 0 atom stereocenters. The highest BCUT2D eigenvalue weighted by Gasteiger charge is 2.20. The third-order valence-corrected chi connectivity index (χ3v) is 9.05. The van der Waals surface area contributed by atoms with Crippen molar-refractivity contribution >= 4 is 49.0 Å². The average Bonchev–Trinajstić information content (AvgIpc) is 3.39. The molecule has 0 bridgehead atoms. The van der Waals surface area contributed by atoms with Crippen LogP contribution in [-0.2, 0) is 22.2 Å². The Bertz CT molecular complexity index is 2170. The normalized spacial score (nSPS) is 12.5. The number of hydrogen-bond donors (Lipinski definition) is 4. The number of pyridine rings is 3. The van der Waals surface area contributed by atoms with E-state index in [1.165, 1.54) is 24.4 Å². The Kier molecular flexibility index (Phi) is 7.75. The molecule has 4 N–H and O–H groups in total. The molecule has 0 fully saturated rings. The Balaban J connectivity index is 1.24. The van der Waals surface area contributed by atoms with E-state index in [0.717, 1.165) is 38.5 Å². The number of hydrogen-bond acceptors (Lipinski definition) is 9. The summed E-state index contributed by atoms with van der Waals surface area (Å²) in [5.41, 5.74) is 2.98. The summed E-state index contributed by atoms with van der Waals surface area (Å²) in [5, 5.41) is 31.0. The lowest BCUT2D eigenvalue weighted by Gasteiger charge is -2.18. The van der Waals surface area contributed by atoms with Crippen molar-refractivity contribution in [2.24, 2.45) is 0 Å². The van der Waals surface area contributed by atoms with E-state index >= 15 is 0 Å². The second-order valence-electron chi connectivity index (χ2n) is 12.5. The molecule has 12 heteroatoms. The first-order valence-electron chi connectivity index (χ1n) is 14.7. The molecular formula is C34H35N7O4S. The third kappa shape index (κ3) is 6.41. The van der Waals surface area contributed by atoms with Crippen LogP contribution >= 0.6 is 0 Å². The van der Waals surface area contributed by atoms with E-state index in [1.807, 2.05) is 42.1 Å². The van der Waals surface area contributed by atoms with E-state index in [9.17, 15) is 18.6 Å². The lowest BCUT2D eigenvalue weighted by molar-refractivity contribution is 0.0591. The first-order chi connectivity index (χ1) is 21.7. The van der Waals surface area contributed by atoms with Crippen LogP contribution in [0.5, 0.6) is 0 Å². The van der Waals surface area contributed by atoms with Gasteiger partial charge >= 0.3 is 0 Å². The number of aromatic nitrogens is 5. The number of nitrogens with one attached hydrogen (secondary N) is 2. The van der Waals surface area contributed by atoms with Gasteiger partial charge in [0.05, 0.1) is 40.0 Å². The highest BCUT2D eigenvalue weighted by atomic mass is 32.2. The van der Waals surface area contributed by atoms with Crippen molar-refractivity contribution in [3.63, 3.8) is 0 Å². The van der Waals surface area contributed by atoms with Crippen molar-refractivity contribution in [2.75, 3.05) is 10.0 Å². The Hall–Kier alpha value is -4.91. The van der Waals surface area contributed by atoms with E-state index in [1.54, 1.807) is 58.3 Å². The second-order valence-corrected chi connectivity index (χ2v) is 14.2. The first kappa shape index (κ1) is 31.1. The first-order valence-corrected chi connectivity index (χ1v) is 16.2. The van der Waals surface area contributed by atoms with Gasteiger partial charge in [-0.25, -0.2) is 18.4 Å². The van der Waals surface area contributed by atoms with Crippen molar-refractivity contribution in [3.05, 3.63) is 96.6 Å². The zero-order valence-electron chi connectivity index (χ0n) is 26.1. The minimum absolute atomic E-state index is 0.0705. The SMILES string of the molecule is Cc1c(-c2nccc3cnc(Nc4ccc(S(=O)(=O)Nc5ccc(C(C)(C)O)cn5)cc4)cc23)ccc2c1cnn2CC(C)(C)O. The molecule has 4 heterocycles. The summed E-state index contributed by atoms with van der Waals surface area (Å²) in [6, 6.07) is 17.3. The van der Waals surface area contributed by atoms with Crippen LogP contribution in [0.3, 0.4) is 0 Å². The predicted octanol–water partition coefficient (Wildman–Crippen LogP) is 5.89. The summed E-state index contributed by atoms with van der Waals surface area (Å²) >= 11 is 0. The molecule has 0 spiro atoms. The smallest absolute Gasteiger partial charge is 0.263 e. The number of sulfonamides is 1. The van der Waals surface area contributed by atoms with E-state index < -0.39 is 21.2 Å². The number of fused-ring (bicyclic) bond motifs is 2. The maximum atomic E-state index is 13.0. The summed E-state index contributed by atoms with van der Waals surface area (Å²) in [6.45, 7) is 9.20. The van der Waals surface area contributed by atoms with Crippen LogP contribution in [0, 0.1) is 6.92 Å². The molecule has 0 saturated carbocycles. The van der Waals surface area contributed by atoms with Crippen LogP contribution in [0.2, 0.25) is 0 Å². The van der Waals surface area contributed by atoms with Crippen LogP contribution in [0.1, 0.15) is 38.8 Å². The van der Waals surface area contributed by atoms with Gasteiger partial charge in [0, 0.05) is 51.6 Å². The molecule has 236 valence electrons. The number of benzene rings is 2. The van der Waals surface area contributed by atoms with E-state index in [4.69, 9.17) is 4.98 Å². The zero-order valence-corrected chi connectivity index (χ0v) is 27.0.